The fourth-order valence-electron chi connectivity index (χ4n) is 4.20. The number of carbonyl (C=O) groups is 2. The lowest BCUT2D eigenvalue weighted by molar-refractivity contribution is -0.143. The predicted molar refractivity (Wildman–Crippen MR) is 93.3 cm³/mol. The van der Waals surface area contributed by atoms with Crippen molar-refractivity contribution in [2.75, 3.05) is 6.61 Å². The van der Waals surface area contributed by atoms with Gasteiger partial charge in [0.05, 0.1) is 6.61 Å². The maximum absolute atomic E-state index is 13.4. The second kappa shape index (κ2) is 6.15. The molecule has 0 bridgehead atoms. The van der Waals surface area contributed by atoms with Gasteiger partial charge in [0.1, 0.15) is 5.72 Å². The molecule has 25 heavy (non-hydrogen) atoms. The molecule has 2 fully saturated rings. The van der Waals surface area contributed by atoms with E-state index in [4.69, 9.17) is 4.74 Å². The molecule has 0 radical (unpaired) electrons. The molecule has 0 aromatic heterocycles. The summed E-state index contributed by atoms with van der Waals surface area (Å²) in [5.74, 6) is -1.25. The van der Waals surface area contributed by atoms with E-state index < -0.39 is 17.7 Å². The third kappa shape index (κ3) is 2.59. The molecule has 1 saturated heterocycles. The molecule has 1 N–H and O–H groups in total. The molecule has 5 nitrogen and oxygen atoms in total. The molecule has 4 rings (SSSR count). The van der Waals surface area contributed by atoms with E-state index in [-0.39, 0.29) is 12.5 Å². The zero-order chi connectivity index (χ0) is 17.4. The van der Waals surface area contributed by atoms with Gasteiger partial charge in [0.25, 0.3) is 5.91 Å². The van der Waals surface area contributed by atoms with Gasteiger partial charge in [-0.3, -0.25) is 9.69 Å². The van der Waals surface area contributed by atoms with Crippen molar-refractivity contribution in [3.8, 4) is 0 Å². The number of nitrogens with zero attached hydrogens (tertiary/aromatic N) is 1. The number of carboxylic acids is 1. The first-order valence-electron chi connectivity index (χ1n) is 8.81. The smallest absolute Gasteiger partial charge is 0.328 e. The first-order chi connectivity index (χ1) is 12.1. The van der Waals surface area contributed by atoms with Gasteiger partial charge in [-0.05, 0) is 42.5 Å². The molecule has 1 unspecified atom stereocenters. The molecular weight excluding hydrogens is 318 g/mol. The van der Waals surface area contributed by atoms with Crippen molar-refractivity contribution in [2.45, 2.75) is 43.9 Å². The minimum atomic E-state index is -1.00. The molecule has 130 valence electrons. The molecular formula is C20H21NO4. The van der Waals surface area contributed by atoms with Gasteiger partial charge in [-0.15, -0.1) is 0 Å². The highest BCUT2D eigenvalue weighted by Gasteiger charge is 2.53. The summed E-state index contributed by atoms with van der Waals surface area (Å²) in [5, 5.41) is 11.4. The van der Waals surface area contributed by atoms with Gasteiger partial charge in [-0.2, -0.15) is 0 Å². The Kier molecular flexibility index (Phi) is 3.96. The maximum atomic E-state index is 13.4. The van der Waals surface area contributed by atoms with Gasteiger partial charge in [-0.1, -0.05) is 42.8 Å². The molecule has 2 aliphatic rings. The lowest BCUT2D eigenvalue weighted by Gasteiger charge is -2.41. The third-order valence-corrected chi connectivity index (χ3v) is 5.42. The normalized spacial score (nSPS) is 22.4. The van der Waals surface area contributed by atoms with Crippen LogP contribution in [0.1, 0.15) is 42.5 Å². The van der Waals surface area contributed by atoms with Crippen LogP contribution in [0.2, 0.25) is 0 Å². The topological polar surface area (TPSA) is 66.8 Å². The molecule has 2 aromatic rings. The van der Waals surface area contributed by atoms with Crippen LogP contribution in [0, 0.1) is 0 Å². The predicted octanol–water partition coefficient (Wildman–Crippen LogP) is 3.43. The van der Waals surface area contributed by atoms with Gasteiger partial charge >= 0.3 is 5.97 Å². The minimum absolute atomic E-state index is 0.0613. The van der Waals surface area contributed by atoms with Gasteiger partial charge in [-0.25, -0.2) is 4.79 Å². The molecule has 1 aliphatic carbocycles. The van der Waals surface area contributed by atoms with Gasteiger partial charge in [0, 0.05) is 5.56 Å². The van der Waals surface area contributed by atoms with E-state index in [9.17, 15) is 14.7 Å². The number of rotatable bonds is 2. The van der Waals surface area contributed by atoms with Crippen molar-refractivity contribution in [3.63, 3.8) is 0 Å². The van der Waals surface area contributed by atoms with Crippen LogP contribution in [0.3, 0.4) is 0 Å². The van der Waals surface area contributed by atoms with E-state index in [1.807, 2.05) is 36.4 Å². The van der Waals surface area contributed by atoms with E-state index in [0.29, 0.717) is 18.4 Å². The summed E-state index contributed by atoms with van der Waals surface area (Å²) in [6.45, 7) is 0.0613. The Balaban J connectivity index is 1.80. The summed E-state index contributed by atoms with van der Waals surface area (Å²) >= 11 is 0. The van der Waals surface area contributed by atoms with E-state index >= 15 is 0 Å². The van der Waals surface area contributed by atoms with E-state index in [0.717, 1.165) is 30.0 Å². The van der Waals surface area contributed by atoms with Gasteiger partial charge < -0.3 is 9.84 Å². The average molecular weight is 339 g/mol. The lowest BCUT2D eigenvalue weighted by atomic mass is 9.89. The largest absolute Gasteiger partial charge is 0.480 e. The molecule has 1 saturated carbocycles. The number of amides is 1. The Morgan fingerprint density at radius 3 is 2.52 bits per heavy atom. The van der Waals surface area contributed by atoms with Gasteiger partial charge in [0.2, 0.25) is 0 Å². The molecule has 2 aromatic carbocycles. The van der Waals surface area contributed by atoms with Crippen LogP contribution in [0.15, 0.2) is 42.5 Å². The lowest BCUT2D eigenvalue weighted by Crippen LogP contribution is -2.54. The van der Waals surface area contributed by atoms with Crippen LogP contribution in [0.25, 0.3) is 10.8 Å². The first kappa shape index (κ1) is 16.1. The van der Waals surface area contributed by atoms with E-state index in [2.05, 4.69) is 0 Å². The van der Waals surface area contributed by atoms with Crippen LogP contribution in [0.4, 0.5) is 0 Å². The average Bonchev–Trinajstić information content (AvgIpc) is 3.00. The highest BCUT2D eigenvalue weighted by Crippen LogP contribution is 2.41. The number of hydrogen-bond acceptors (Lipinski definition) is 3. The Morgan fingerprint density at radius 1 is 1.04 bits per heavy atom. The summed E-state index contributed by atoms with van der Waals surface area (Å²) in [4.78, 5) is 26.7. The zero-order valence-electron chi connectivity index (χ0n) is 14.0. The summed E-state index contributed by atoms with van der Waals surface area (Å²) in [6, 6.07) is 12.3. The zero-order valence-corrected chi connectivity index (χ0v) is 14.0. The number of hydrogen-bond donors (Lipinski definition) is 1. The van der Waals surface area contributed by atoms with Crippen LogP contribution in [-0.2, 0) is 9.53 Å². The highest BCUT2D eigenvalue weighted by molar-refractivity contribution is 6.08. The van der Waals surface area contributed by atoms with Crippen LogP contribution in [0.5, 0.6) is 0 Å². The molecule has 5 heteroatoms. The van der Waals surface area contributed by atoms with E-state index in [1.165, 1.54) is 4.90 Å². The Bertz CT molecular complexity index is 820. The minimum Gasteiger partial charge on any atom is -0.480 e. The standard InChI is InChI=1S/C20H21NO4/c22-18(16-10-6-8-14-7-2-3-9-15(14)16)21-17(19(23)24)13-25-20(21)11-4-1-5-12-20/h2-3,6-10,17H,1,4-5,11-13H2,(H,23,24). The SMILES string of the molecule is O=C(O)C1COC2(CCCCC2)N1C(=O)c1cccc2ccccc12. The second-order valence-electron chi connectivity index (χ2n) is 6.87. The summed E-state index contributed by atoms with van der Waals surface area (Å²) < 4.78 is 5.95. The first-order valence-corrected chi connectivity index (χ1v) is 8.81. The number of carboxylic acid groups (broad SMARTS) is 1. The quantitative estimate of drug-likeness (QED) is 0.910. The van der Waals surface area contributed by atoms with Crippen molar-refractivity contribution < 1.29 is 19.4 Å². The Morgan fingerprint density at radius 2 is 1.76 bits per heavy atom. The van der Waals surface area contributed by atoms with Crippen LogP contribution < -0.4 is 0 Å². The highest BCUT2D eigenvalue weighted by atomic mass is 16.5. The number of carbonyl (C=O) groups excluding carboxylic acids is 1. The molecule has 1 amide bonds. The number of ether oxygens (including phenoxy) is 1. The molecule has 1 heterocycles. The van der Waals surface area contributed by atoms with Crippen molar-refractivity contribution in [1.29, 1.82) is 0 Å². The Hall–Kier alpha value is -2.40. The van der Waals surface area contributed by atoms with Crippen molar-refractivity contribution in [2.24, 2.45) is 0 Å². The van der Waals surface area contributed by atoms with Crippen molar-refractivity contribution in [1.82, 2.24) is 4.90 Å². The fourth-order valence-corrected chi connectivity index (χ4v) is 4.20. The molecule has 1 aliphatic heterocycles. The summed E-state index contributed by atoms with van der Waals surface area (Å²) in [7, 11) is 0. The van der Waals surface area contributed by atoms with E-state index in [1.54, 1.807) is 6.07 Å². The third-order valence-electron chi connectivity index (χ3n) is 5.42. The van der Waals surface area contributed by atoms with Gasteiger partial charge in [0.15, 0.2) is 6.04 Å². The monoisotopic (exact) mass is 339 g/mol. The summed E-state index contributed by atoms with van der Waals surface area (Å²) in [5.41, 5.74) is -0.227. The Labute approximate surface area is 146 Å². The molecule has 1 atom stereocenters. The van der Waals surface area contributed by atoms with Crippen LogP contribution in [-0.4, -0.2) is 40.3 Å². The second-order valence-corrected chi connectivity index (χ2v) is 6.87. The van der Waals surface area contributed by atoms with Crippen LogP contribution >= 0.6 is 0 Å². The number of aliphatic carboxylic acids is 1. The van der Waals surface area contributed by atoms with Crippen molar-refractivity contribution in [3.05, 3.63) is 48.0 Å². The summed E-state index contributed by atoms with van der Waals surface area (Å²) in [6.07, 6.45) is 4.40. The molecule has 1 spiro atoms. The fraction of sp³-hybridized carbons (Fsp3) is 0.400. The maximum Gasteiger partial charge on any atom is 0.328 e. The number of benzene rings is 2. The van der Waals surface area contributed by atoms with Crippen molar-refractivity contribution >= 4 is 22.6 Å². The number of fused-ring (bicyclic) bond motifs is 1.